The third-order valence-electron chi connectivity index (χ3n) is 3.11. The first-order valence-electron chi connectivity index (χ1n) is 6.78. The van der Waals surface area contributed by atoms with E-state index in [-0.39, 0.29) is 47.0 Å². The fourth-order valence-corrected chi connectivity index (χ4v) is 1.27. The molecule has 5 N–H and O–H groups in total. The van der Waals surface area contributed by atoms with Gasteiger partial charge in [-0.2, -0.15) is 6.42 Å². The molecule has 0 saturated heterocycles. The number of aliphatic hydroxyl groups excluding tert-OH is 3. The normalized spacial score (nSPS) is 9.79. The zero-order chi connectivity index (χ0) is 13.6. The Hall–Kier alpha value is 0.554. The minimum absolute atomic E-state index is 0. The van der Waals surface area contributed by atoms with Crippen molar-refractivity contribution < 1.29 is 42.5 Å². The average Bonchev–Trinajstić information content (AvgIpc) is 2.39. The predicted octanol–water partition coefficient (Wildman–Crippen LogP) is 1.71. The first kappa shape index (κ1) is 27.8. The van der Waals surface area contributed by atoms with Gasteiger partial charge < -0.3 is 27.7 Å². The van der Waals surface area contributed by atoms with Gasteiger partial charge in [-0.05, 0) is 6.42 Å². The van der Waals surface area contributed by atoms with Gasteiger partial charge in [-0.15, -0.1) is 0 Å². The molecule has 0 aliphatic rings. The molecule has 0 bridgehead atoms. The van der Waals surface area contributed by atoms with E-state index in [2.05, 4.69) is 13.8 Å². The van der Waals surface area contributed by atoms with Gasteiger partial charge in [0.25, 0.3) is 0 Å². The molecule has 0 spiro atoms. The number of hydrogen-bond donors (Lipinski definition) is 3. The first-order valence-corrected chi connectivity index (χ1v) is 6.78. The molecular weight excluding hydrogens is 280 g/mol. The summed E-state index contributed by atoms with van der Waals surface area (Å²) < 4.78 is 0. The predicted molar refractivity (Wildman–Crippen MR) is 76.3 cm³/mol. The summed E-state index contributed by atoms with van der Waals surface area (Å²) in [7, 11) is 0. The number of hydrogen-bond acceptors (Lipinski definition) is 3. The van der Waals surface area contributed by atoms with Crippen LogP contribution in [0, 0.1) is 12.3 Å². The second kappa shape index (κ2) is 20.9. The van der Waals surface area contributed by atoms with Gasteiger partial charge in [0.1, 0.15) is 0 Å². The molecule has 0 saturated carbocycles. The topological polar surface area (TPSA) is 92.2 Å². The fraction of sp³-hybridized carbons (Fsp3) is 0.929. The maximum absolute atomic E-state index is 8.66. The molecule has 19 heavy (non-hydrogen) atoms. The largest absolute Gasteiger partial charge is 0.412 e. The molecule has 0 unspecified atom stereocenters. The molecule has 0 aliphatic heterocycles. The molecule has 0 aliphatic carbocycles. The minimum Gasteiger partial charge on any atom is -0.412 e. The molecule has 5 heteroatoms. The smallest absolute Gasteiger partial charge is 0.0531 e. The van der Waals surface area contributed by atoms with E-state index in [9.17, 15) is 0 Å². The summed E-state index contributed by atoms with van der Waals surface area (Å²) in [5.41, 5.74) is -0.667. The van der Waals surface area contributed by atoms with Crippen molar-refractivity contribution in [1.29, 1.82) is 0 Å². The van der Waals surface area contributed by atoms with Gasteiger partial charge in [-0.25, -0.2) is 0 Å². The van der Waals surface area contributed by atoms with E-state index in [0.717, 1.165) is 6.42 Å². The van der Waals surface area contributed by atoms with Gasteiger partial charge in [0.2, 0.25) is 0 Å². The van der Waals surface area contributed by atoms with E-state index in [1.807, 2.05) is 6.92 Å². The van der Waals surface area contributed by atoms with Gasteiger partial charge in [-0.1, -0.05) is 46.0 Å². The quantitative estimate of drug-likeness (QED) is 0.344. The van der Waals surface area contributed by atoms with Gasteiger partial charge in [0.15, 0.2) is 0 Å². The summed E-state index contributed by atoms with van der Waals surface area (Å²) in [6, 6.07) is 0. The van der Waals surface area contributed by atoms with Crippen molar-refractivity contribution in [1.82, 2.24) is 0 Å². The van der Waals surface area contributed by atoms with Crippen LogP contribution >= 0.6 is 0 Å². The third kappa shape index (κ3) is 16.5. The van der Waals surface area contributed by atoms with Gasteiger partial charge in [0, 0.05) is 27.1 Å². The zero-order valence-electron chi connectivity index (χ0n) is 12.6. The van der Waals surface area contributed by atoms with Gasteiger partial charge in [-0.3, -0.25) is 0 Å². The Morgan fingerprint density at radius 1 is 0.842 bits per heavy atom. The molecule has 0 aromatic rings. The van der Waals surface area contributed by atoms with Crippen molar-refractivity contribution in [3.05, 3.63) is 6.92 Å². The van der Waals surface area contributed by atoms with Crippen LogP contribution in [0.4, 0.5) is 0 Å². The van der Waals surface area contributed by atoms with Crippen LogP contribution in [0.2, 0.25) is 0 Å². The second-order valence-corrected chi connectivity index (χ2v) is 4.60. The Morgan fingerprint density at radius 2 is 1.26 bits per heavy atom. The molecule has 0 radical (unpaired) electrons. The molecule has 0 fully saturated rings. The Morgan fingerprint density at radius 3 is 1.47 bits per heavy atom. The Bertz CT molecular complexity index is 118. The van der Waals surface area contributed by atoms with Crippen molar-refractivity contribution in [2.45, 2.75) is 58.8 Å². The summed E-state index contributed by atoms with van der Waals surface area (Å²) in [5, 5.41) is 26.0. The van der Waals surface area contributed by atoms with Crippen molar-refractivity contribution >= 4 is 0 Å². The Kier molecular flexibility index (Phi) is 30.6. The SMILES string of the molecule is CCC(CO)(CO)CO.O.[CH2-]CCCCCCC.[Ti]. The number of aliphatic hydroxyl groups is 3. The van der Waals surface area contributed by atoms with Crippen molar-refractivity contribution in [3.63, 3.8) is 0 Å². The van der Waals surface area contributed by atoms with E-state index in [1.54, 1.807) is 0 Å². The van der Waals surface area contributed by atoms with E-state index >= 15 is 0 Å². The van der Waals surface area contributed by atoms with Crippen molar-refractivity contribution in [3.8, 4) is 0 Å². The van der Waals surface area contributed by atoms with E-state index in [0.29, 0.717) is 6.42 Å². The van der Waals surface area contributed by atoms with Crippen LogP contribution in [0.3, 0.4) is 0 Å². The zero-order valence-corrected chi connectivity index (χ0v) is 14.2. The summed E-state index contributed by atoms with van der Waals surface area (Å²) in [5.74, 6) is 0. The standard InChI is InChI=1S/C8H17.C6H14O3.H2O.Ti/c1-3-5-7-8-6-4-2;1-2-6(3-7,4-8)5-9;;/h1,3-8H2,2H3;7-9H,2-5H2,1H3;1H2;/q-1;;;. The monoisotopic (exact) mass is 313 g/mol. The second-order valence-electron chi connectivity index (χ2n) is 4.60. The molecule has 0 aromatic heterocycles. The Labute approximate surface area is 133 Å². The van der Waals surface area contributed by atoms with Crippen LogP contribution in [0.15, 0.2) is 0 Å². The number of rotatable bonds is 9. The molecule has 4 nitrogen and oxygen atoms in total. The molecule has 0 aromatic carbocycles. The fourth-order valence-electron chi connectivity index (χ4n) is 1.27. The Balaban J connectivity index is -0.000000108. The maximum atomic E-state index is 8.66. The van der Waals surface area contributed by atoms with Crippen LogP contribution in [0.5, 0.6) is 0 Å². The van der Waals surface area contributed by atoms with Crippen molar-refractivity contribution in [2.24, 2.45) is 5.41 Å². The molecule has 0 heterocycles. The molecule has 0 rings (SSSR count). The van der Waals surface area contributed by atoms with Crippen LogP contribution in [-0.2, 0) is 21.7 Å². The number of unbranched alkanes of at least 4 members (excludes halogenated alkanes) is 5. The summed E-state index contributed by atoms with van der Waals surface area (Å²) >= 11 is 0. The van der Waals surface area contributed by atoms with Crippen LogP contribution in [0.1, 0.15) is 58.8 Å². The molecule has 0 amide bonds. The van der Waals surface area contributed by atoms with Crippen LogP contribution in [0.25, 0.3) is 0 Å². The summed E-state index contributed by atoms with van der Waals surface area (Å²) in [6.45, 7) is 7.38. The van der Waals surface area contributed by atoms with E-state index < -0.39 is 5.41 Å². The van der Waals surface area contributed by atoms with E-state index in [4.69, 9.17) is 15.3 Å². The average molecular weight is 313 g/mol. The van der Waals surface area contributed by atoms with Crippen molar-refractivity contribution in [2.75, 3.05) is 19.8 Å². The van der Waals surface area contributed by atoms with Crippen LogP contribution < -0.4 is 0 Å². The van der Waals surface area contributed by atoms with Gasteiger partial charge in [0.05, 0.1) is 19.8 Å². The minimum atomic E-state index is -0.667. The van der Waals surface area contributed by atoms with E-state index in [1.165, 1.54) is 32.1 Å². The maximum Gasteiger partial charge on any atom is 0.0531 e. The molecule has 0 atom stereocenters. The molecular formula is C14H33O4Ti-. The van der Waals surface area contributed by atoms with Crippen LogP contribution in [-0.4, -0.2) is 40.6 Å². The first-order chi connectivity index (χ1) is 8.16. The molecule has 118 valence electrons. The van der Waals surface area contributed by atoms with Gasteiger partial charge >= 0.3 is 0 Å². The summed E-state index contributed by atoms with van der Waals surface area (Å²) in [6.07, 6.45) is 8.57. The summed E-state index contributed by atoms with van der Waals surface area (Å²) in [4.78, 5) is 0. The third-order valence-corrected chi connectivity index (χ3v) is 3.11.